The van der Waals surface area contributed by atoms with Crippen LogP contribution in [0.4, 0.5) is 0 Å². The number of para-hydroxylation sites is 1. The quantitative estimate of drug-likeness (QED) is 0.746. The SMILES string of the molecule is Cc1noc(C2CCCN2C(=O)Cn2ccc3ccccc32)n1. The second-order valence-electron chi connectivity index (χ2n) is 5.93. The molecular weight excluding hydrogens is 292 g/mol. The molecule has 3 heterocycles. The Morgan fingerprint density at radius 2 is 2.22 bits per heavy atom. The van der Waals surface area contributed by atoms with E-state index in [9.17, 15) is 4.79 Å². The molecule has 0 saturated carbocycles. The number of fused-ring (bicyclic) bond motifs is 1. The van der Waals surface area contributed by atoms with Crippen molar-refractivity contribution in [3.05, 3.63) is 48.2 Å². The predicted octanol–water partition coefficient (Wildman–Crippen LogP) is 2.70. The summed E-state index contributed by atoms with van der Waals surface area (Å²) < 4.78 is 7.26. The Kier molecular flexibility index (Phi) is 3.37. The lowest BCUT2D eigenvalue weighted by atomic mass is 10.2. The van der Waals surface area contributed by atoms with Crippen molar-refractivity contribution in [2.75, 3.05) is 6.54 Å². The van der Waals surface area contributed by atoms with Crippen LogP contribution in [0.5, 0.6) is 0 Å². The number of rotatable bonds is 3. The largest absolute Gasteiger partial charge is 0.338 e. The van der Waals surface area contributed by atoms with Crippen LogP contribution in [0.1, 0.15) is 30.6 Å². The van der Waals surface area contributed by atoms with Crippen molar-refractivity contribution in [3.63, 3.8) is 0 Å². The Labute approximate surface area is 133 Å². The maximum atomic E-state index is 12.8. The number of carbonyl (C=O) groups is 1. The molecular formula is C17H18N4O2. The maximum Gasteiger partial charge on any atom is 0.249 e. The highest BCUT2D eigenvalue weighted by Crippen LogP contribution is 2.31. The van der Waals surface area contributed by atoms with E-state index in [2.05, 4.69) is 16.2 Å². The fraction of sp³-hybridized carbons (Fsp3) is 0.353. The van der Waals surface area contributed by atoms with Gasteiger partial charge in [0.25, 0.3) is 0 Å². The Bertz CT molecular complexity index is 851. The van der Waals surface area contributed by atoms with Crippen LogP contribution in [0.15, 0.2) is 41.1 Å². The van der Waals surface area contributed by atoms with Crippen molar-refractivity contribution in [1.82, 2.24) is 19.6 Å². The Balaban J connectivity index is 1.56. The number of hydrogen-bond donors (Lipinski definition) is 0. The van der Waals surface area contributed by atoms with Gasteiger partial charge < -0.3 is 14.0 Å². The van der Waals surface area contributed by atoms with Crippen molar-refractivity contribution < 1.29 is 9.32 Å². The van der Waals surface area contributed by atoms with Crippen LogP contribution in [0.2, 0.25) is 0 Å². The lowest BCUT2D eigenvalue weighted by molar-refractivity contribution is -0.133. The first-order chi connectivity index (χ1) is 11.2. The van der Waals surface area contributed by atoms with E-state index in [1.807, 2.05) is 39.9 Å². The van der Waals surface area contributed by atoms with Crippen molar-refractivity contribution in [3.8, 4) is 0 Å². The molecule has 1 aliphatic rings. The molecule has 0 bridgehead atoms. The van der Waals surface area contributed by atoms with Crippen molar-refractivity contribution >= 4 is 16.8 Å². The van der Waals surface area contributed by atoms with Gasteiger partial charge in [-0.2, -0.15) is 4.98 Å². The molecule has 0 radical (unpaired) electrons. The van der Waals surface area contributed by atoms with Gasteiger partial charge in [0.15, 0.2) is 5.82 Å². The smallest absolute Gasteiger partial charge is 0.249 e. The van der Waals surface area contributed by atoms with E-state index in [-0.39, 0.29) is 11.9 Å². The van der Waals surface area contributed by atoms with E-state index >= 15 is 0 Å². The average Bonchev–Trinajstić information content (AvgIpc) is 3.26. The summed E-state index contributed by atoms with van der Waals surface area (Å²) in [6.45, 7) is 2.86. The third-order valence-electron chi connectivity index (χ3n) is 4.39. The second kappa shape index (κ2) is 5.53. The number of hydrogen-bond acceptors (Lipinski definition) is 4. The summed E-state index contributed by atoms with van der Waals surface area (Å²) in [5.41, 5.74) is 1.07. The number of aromatic nitrogens is 3. The zero-order chi connectivity index (χ0) is 15.8. The molecule has 6 heteroatoms. The fourth-order valence-corrected chi connectivity index (χ4v) is 3.29. The molecule has 2 aromatic heterocycles. The number of aryl methyl sites for hydroxylation is 1. The van der Waals surface area contributed by atoms with E-state index in [0.717, 1.165) is 30.3 Å². The summed E-state index contributed by atoms with van der Waals surface area (Å²) in [6, 6.07) is 10.0. The van der Waals surface area contributed by atoms with Gasteiger partial charge in [-0.15, -0.1) is 0 Å². The van der Waals surface area contributed by atoms with Gasteiger partial charge in [0.05, 0.1) is 0 Å². The van der Waals surface area contributed by atoms with Gasteiger partial charge >= 0.3 is 0 Å². The molecule has 23 heavy (non-hydrogen) atoms. The monoisotopic (exact) mass is 310 g/mol. The molecule has 1 unspecified atom stereocenters. The van der Waals surface area contributed by atoms with Crippen LogP contribution in [-0.4, -0.2) is 32.1 Å². The molecule has 1 amide bonds. The van der Waals surface area contributed by atoms with Crippen LogP contribution in [0.3, 0.4) is 0 Å². The molecule has 1 aromatic carbocycles. The first kappa shape index (κ1) is 14.0. The van der Waals surface area contributed by atoms with Crippen molar-refractivity contribution in [2.45, 2.75) is 32.4 Å². The van der Waals surface area contributed by atoms with Crippen molar-refractivity contribution in [2.24, 2.45) is 0 Å². The van der Waals surface area contributed by atoms with E-state index in [1.54, 1.807) is 6.92 Å². The van der Waals surface area contributed by atoms with Crippen LogP contribution in [-0.2, 0) is 11.3 Å². The number of benzene rings is 1. The molecule has 6 nitrogen and oxygen atoms in total. The van der Waals surface area contributed by atoms with Crippen LogP contribution in [0, 0.1) is 6.92 Å². The zero-order valence-electron chi connectivity index (χ0n) is 13.0. The third kappa shape index (κ3) is 2.50. The molecule has 1 fully saturated rings. The summed E-state index contributed by atoms with van der Waals surface area (Å²) in [7, 11) is 0. The predicted molar refractivity (Wildman–Crippen MR) is 84.7 cm³/mol. The Morgan fingerprint density at radius 3 is 3.04 bits per heavy atom. The van der Waals surface area contributed by atoms with E-state index in [1.165, 1.54) is 0 Å². The highest BCUT2D eigenvalue weighted by molar-refractivity contribution is 5.83. The first-order valence-corrected chi connectivity index (χ1v) is 7.86. The molecule has 0 N–H and O–H groups in total. The lowest BCUT2D eigenvalue weighted by Gasteiger charge is -2.22. The van der Waals surface area contributed by atoms with Gasteiger partial charge in [-0.25, -0.2) is 0 Å². The minimum atomic E-state index is -0.0921. The Hall–Kier alpha value is -2.63. The lowest BCUT2D eigenvalue weighted by Crippen LogP contribution is -2.33. The van der Waals surface area contributed by atoms with Gasteiger partial charge in [-0.1, -0.05) is 23.4 Å². The highest BCUT2D eigenvalue weighted by Gasteiger charge is 2.33. The van der Waals surface area contributed by atoms with Gasteiger partial charge in [0.1, 0.15) is 12.6 Å². The standard InChI is InChI=1S/C17H18N4O2/c1-12-18-17(23-19-12)15-7-4-9-21(15)16(22)11-20-10-8-13-5-2-3-6-14(13)20/h2-3,5-6,8,10,15H,4,7,9,11H2,1H3. The van der Waals surface area contributed by atoms with Gasteiger partial charge in [-0.3, -0.25) is 4.79 Å². The summed E-state index contributed by atoms with van der Waals surface area (Å²) in [5, 5.41) is 4.99. The number of carbonyl (C=O) groups excluding carboxylic acids is 1. The van der Waals surface area contributed by atoms with E-state index in [0.29, 0.717) is 18.3 Å². The minimum absolute atomic E-state index is 0.0877. The first-order valence-electron chi connectivity index (χ1n) is 7.86. The number of amides is 1. The maximum absolute atomic E-state index is 12.8. The van der Waals surface area contributed by atoms with E-state index < -0.39 is 0 Å². The van der Waals surface area contributed by atoms with Gasteiger partial charge in [0.2, 0.25) is 11.8 Å². The van der Waals surface area contributed by atoms with Crippen LogP contribution in [0.25, 0.3) is 10.9 Å². The molecule has 1 aliphatic heterocycles. The fourth-order valence-electron chi connectivity index (χ4n) is 3.29. The van der Waals surface area contributed by atoms with Gasteiger partial charge in [-0.05, 0) is 37.3 Å². The number of likely N-dealkylation sites (tertiary alicyclic amines) is 1. The zero-order valence-corrected chi connectivity index (χ0v) is 13.0. The molecule has 0 spiro atoms. The molecule has 4 rings (SSSR count). The average molecular weight is 310 g/mol. The Morgan fingerprint density at radius 1 is 1.35 bits per heavy atom. The second-order valence-corrected chi connectivity index (χ2v) is 5.93. The highest BCUT2D eigenvalue weighted by atomic mass is 16.5. The summed E-state index contributed by atoms with van der Waals surface area (Å²) >= 11 is 0. The minimum Gasteiger partial charge on any atom is -0.338 e. The molecule has 1 saturated heterocycles. The van der Waals surface area contributed by atoms with E-state index in [4.69, 9.17) is 4.52 Å². The summed E-state index contributed by atoms with van der Waals surface area (Å²) in [6.07, 6.45) is 3.80. The topological polar surface area (TPSA) is 64.2 Å². The van der Waals surface area contributed by atoms with Crippen LogP contribution < -0.4 is 0 Å². The molecule has 3 aromatic rings. The molecule has 118 valence electrons. The van der Waals surface area contributed by atoms with Crippen LogP contribution >= 0.6 is 0 Å². The summed E-state index contributed by atoms with van der Waals surface area (Å²) in [4.78, 5) is 18.9. The third-order valence-corrected chi connectivity index (χ3v) is 4.39. The summed E-state index contributed by atoms with van der Waals surface area (Å²) in [5.74, 6) is 1.24. The molecule has 1 atom stereocenters. The van der Waals surface area contributed by atoms with Crippen molar-refractivity contribution in [1.29, 1.82) is 0 Å². The van der Waals surface area contributed by atoms with Gasteiger partial charge in [0, 0.05) is 18.3 Å². The molecule has 0 aliphatic carbocycles. The normalized spacial score (nSPS) is 18.0. The number of nitrogens with zero attached hydrogens (tertiary/aromatic N) is 4.